The molecule has 3 rings (SSSR count). The summed E-state index contributed by atoms with van der Waals surface area (Å²) in [5.41, 5.74) is 5.52. The maximum Gasteiger partial charge on any atom is 0.264 e. The minimum absolute atomic E-state index is 0.0690. The zero-order valence-corrected chi connectivity index (χ0v) is 21.5. The van der Waals surface area contributed by atoms with Crippen molar-refractivity contribution in [3.8, 4) is 11.1 Å². The standard InChI is InChI=1S/C27H35ClF2N4/c1-7-33(5)26-24(28)13-19(14-25(26)32(3)4)10-8-9-11-20-15-22(21-16-31-34(6)17-21)23(27(29)30)12-18(20)2/h7,12,14-17,19,27H,1,8-11,13H2,2-6H3. The molecule has 0 fully saturated rings. The van der Waals surface area contributed by atoms with Crippen LogP contribution in [0, 0.1) is 12.8 Å². The van der Waals surface area contributed by atoms with Crippen molar-refractivity contribution in [1.29, 1.82) is 0 Å². The zero-order valence-electron chi connectivity index (χ0n) is 20.8. The van der Waals surface area contributed by atoms with Gasteiger partial charge in [-0.15, -0.1) is 0 Å². The Morgan fingerprint density at radius 1 is 1.26 bits per heavy atom. The van der Waals surface area contributed by atoms with Crippen molar-refractivity contribution >= 4 is 11.6 Å². The molecule has 1 heterocycles. The fourth-order valence-corrected chi connectivity index (χ4v) is 5.02. The van der Waals surface area contributed by atoms with Crippen LogP contribution >= 0.6 is 11.6 Å². The van der Waals surface area contributed by atoms with E-state index in [-0.39, 0.29) is 5.56 Å². The van der Waals surface area contributed by atoms with Crippen LogP contribution in [0.2, 0.25) is 0 Å². The van der Waals surface area contributed by atoms with Gasteiger partial charge in [-0.05, 0) is 67.5 Å². The SMILES string of the molecule is C=CN(C)C1=C(Cl)CC(CCCCc2cc(-c3cnn(C)c3)c(C(F)F)cc2C)C=C1N(C)C. The Balaban J connectivity index is 1.68. The van der Waals surface area contributed by atoms with Gasteiger partial charge in [0.05, 0.1) is 17.6 Å². The van der Waals surface area contributed by atoms with E-state index in [2.05, 4.69) is 22.7 Å². The van der Waals surface area contributed by atoms with E-state index >= 15 is 0 Å². The minimum atomic E-state index is -2.52. The lowest BCUT2D eigenvalue weighted by atomic mass is 9.89. The number of unbranched alkanes of at least 4 members (excludes halogenated alkanes) is 1. The second-order valence-electron chi connectivity index (χ2n) is 9.27. The molecule has 0 saturated heterocycles. The predicted molar refractivity (Wildman–Crippen MR) is 137 cm³/mol. The first kappa shape index (κ1) is 26.0. The van der Waals surface area contributed by atoms with E-state index in [0.29, 0.717) is 11.5 Å². The number of nitrogens with zero attached hydrogens (tertiary/aromatic N) is 4. The lowest BCUT2D eigenvalue weighted by Gasteiger charge is -2.32. The molecular weight excluding hydrogens is 454 g/mol. The van der Waals surface area contributed by atoms with Crippen LogP contribution in [-0.4, -0.2) is 40.7 Å². The van der Waals surface area contributed by atoms with E-state index in [9.17, 15) is 8.78 Å². The zero-order chi connectivity index (χ0) is 25.0. The van der Waals surface area contributed by atoms with Crippen LogP contribution in [0.15, 0.2) is 59.8 Å². The van der Waals surface area contributed by atoms with E-state index < -0.39 is 6.43 Å². The number of hydrogen-bond acceptors (Lipinski definition) is 3. The topological polar surface area (TPSA) is 24.3 Å². The average molecular weight is 489 g/mol. The van der Waals surface area contributed by atoms with Gasteiger partial charge in [-0.3, -0.25) is 4.68 Å². The van der Waals surface area contributed by atoms with E-state index in [1.54, 1.807) is 36.4 Å². The summed E-state index contributed by atoms with van der Waals surface area (Å²) in [6.07, 6.45) is 9.73. The van der Waals surface area contributed by atoms with Gasteiger partial charge in [0.15, 0.2) is 0 Å². The summed E-state index contributed by atoms with van der Waals surface area (Å²) in [6, 6.07) is 3.56. The van der Waals surface area contributed by atoms with Gasteiger partial charge >= 0.3 is 0 Å². The molecule has 184 valence electrons. The molecule has 2 aromatic rings. The van der Waals surface area contributed by atoms with Crippen molar-refractivity contribution in [3.05, 3.63) is 76.5 Å². The van der Waals surface area contributed by atoms with Crippen LogP contribution in [0.1, 0.15) is 48.8 Å². The van der Waals surface area contributed by atoms with Gasteiger partial charge in [0.25, 0.3) is 6.43 Å². The molecule has 4 nitrogen and oxygen atoms in total. The first-order valence-electron chi connectivity index (χ1n) is 11.7. The average Bonchev–Trinajstić information content (AvgIpc) is 3.22. The van der Waals surface area contributed by atoms with Gasteiger partial charge in [0.1, 0.15) is 0 Å². The summed E-state index contributed by atoms with van der Waals surface area (Å²) in [6.45, 7) is 5.78. The highest BCUT2D eigenvalue weighted by molar-refractivity contribution is 6.30. The van der Waals surface area contributed by atoms with E-state index in [1.165, 1.54) is 0 Å². The van der Waals surface area contributed by atoms with Crippen LogP contribution in [0.5, 0.6) is 0 Å². The van der Waals surface area contributed by atoms with Crippen LogP contribution in [0.3, 0.4) is 0 Å². The van der Waals surface area contributed by atoms with Crippen LogP contribution < -0.4 is 0 Å². The van der Waals surface area contributed by atoms with Crippen molar-refractivity contribution in [2.75, 3.05) is 21.1 Å². The van der Waals surface area contributed by atoms with E-state index in [4.69, 9.17) is 11.6 Å². The number of benzene rings is 1. The lowest BCUT2D eigenvalue weighted by Crippen LogP contribution is -2.26. The highest BCUT2D eigenvalue weighted by Gasteiger charge is 2.24. The van der Waals surface area contributed by atoms with Crippen molar-refractivity contribution in [2.24, 2.45) is 13.0 Å². The third kappa shape index (κ3) is 5.90. The Morgan fingerprint density at radius 2 is 2.00 bits per heavy atom. The second-order valence-corrected chi connectivity index (χ2v) is 9.73. The minimum Gasteiger partial charge on any atom is -0.376 e. The van der Waals surface area contributed by atoms with Gasteiger partial charge in [-0.1, -0.05) is 36.7 Å². The largest absolute Gasteiger partial charge is 0.376 e. The maximum absolute atomic E-state index is 13.7. The third-order valence-electron chi connectivity index (χ3n) is 6.47. The van der Waals surface area contributed by atoms with Crippen molar-refractivity contribution in [2.45, 2.75) is 45.5 Å². The van der Waals surface area contributed by atoms with Gasteiger partial charge in [0.2, 0.25) is 0 Å². The Labute approximate surface area is 207 Å². The molecule has 0 radical (unpaired) electrons. The van der Waals surface area contributed by atoms with Crippen molar-refractivity contribution in [1.82, 2.24) is 19.6 Å². The molecule has 0 N–H and O–H groups in total. The van der Waals surface area contributed by atoms with E-state index in [1.807, 2.05) is 39.0 Å². The molecule has 0 bridgehead atoms. The molecule has 0 amide bonds. The Hall–Kier alpha value is -2.60. The number of halogens is 3. The molecule has 1 unspecified atom stereocenters. The predicted octanol–water partition coefficient (Wildman–Crippen LogP) is 7.04. The molecule has 1 atom stereocenters. The molecular formula is C27H35ClF2N4. The van der Waals surface area contributed by atoms with Gasteiger partial charge in [-0.2, -0.15) is 5.10 Å². The number of hydrogen-bond donors (Lipinski definition) is 0. The van der Waals surface area contributed by atoms with Crippen LogP contribution in [-0.2, 0) is 13.5 Å². The van der Waals surface area contributed by atoms with Crippen molar-refractivity contribution in [3.63, 3.8) is 0 Å². The molecule has 0 aliphatic heterocycles. The number of allylic oxidation sites excluding steroid dienone is 2. The summed E-state index contributed by atoms with van der Waals surface area (Å²) in [5, 5.41) is 5.02. The first-order valence-corrected chi connectivity index (χ1v) is 12.0. The summed E-state index contributed by atoms with van der Waals surface area (Å²) in [5.74, 6) is 0.375. The molecule has 0 spiro atoms. The van der Waals surface area contributed by atoms with Gasteiger partial charge in [0, 0.05) is 50.5 Å². The monoisotopic (exact) mass is 488 g/mol. The molecule has 0 saturated carbocycles. The molecule has 1 aromatic heterocycles. The third-order valence-corrected chi connectivity index (χ3v) is 6.81. The molecule has 34 heavy (non-hydrogen) atoms. The first-order chi connectivity index (χ1) is 16.1. The Kier molecular flexibility index (Phi) is 8.58. The molecule has 1 aliphatic carbocycles. The number of alkyl halides is 2. The number of rotatable bonds is 10. The Bertz CT molecular complexity index is 1080. The highest BCUT2D eigenvalue weighted by Crippen LogP contribution is 2.37. The summed E-state index contributed by atoms with van der Waals surface area (Å²) in [7, 11) is 7.81. The second kappa shape index (κ2) is 11.2. The Morgan fingerprint density at radius 3 is 2.59 bits per heavy atom. The fourth-order valence-electron chi connectivity index (χ4n) is 4.59. The number of aromatic nitrogens is 2. The summed E-state index contributed by atoms with van der Waals surface area (Å²) < 4.78 is 29.1. The van der Waals surface area contributed by atoms with Crippen LogP contribution in [0.4, 0.5) is 8.78 Å². The molecule has 7 heteroatoms. The van der Waals surface area contributed by atoms with Crippen LogP contribution in [0.25, 0.3) is 11.1 Å². The van der Waals surface area contributed by atoms with E-state index in [0.717, 1.165) is 65.2 Å². The highest BCUT2D eigenvalue weighted by atomic mass is 35.5. The maximum atomic E-state index is 13.7. The fraction of sp³-hybridized carbons (Fsp3) is 0.444. The summed E-state index contributed by atoms with van der Waals surface area (Å²) in [4.78, 5) is 4.06. The van der Waals surface area contributed by atoms with Gasteiger partial charge < -0.3 is 9.80 Å². The van der Waals surface area contributed by atoms with Crippen molar-refractivity contribution < 1.29 is 8.78 Å². The quantitative estimate of drug-likeness (QED) is 0.335. The normalized spacial score (nSPS) is 16.1. The molecule has 1 aromatic carbocycles. The summed E-state index contributed by atoms with van der Waals surface area (Å²) >= 11 is 6.69. The number of aryl methyl sites for hydroxylation is 3. The lowest BCUT2D eigenvalue weighted by molar-refractivity contribution is 0.152. The molecule has 1 aliphatic rings. The smallest absolute Gasteiger partial charge is 0.264 e. The number of likely N-dealkylation sites (N-methyl/N-ethyl adjacent to an activating group) is 2. The van der Waals surface area contributed by atoms with Gasteiger partial charge in [-0.25, -0.2) is 8.78 Å².